The summed E-state index contributed by atoms with van der Waals surface area (Å²) in [5, 5.41) is 0. The third kappa shape index (κ3) is 36.6. The molecule has 0 radical (unpaired) electrons. The first kappa shape index (κ1) is 70.5. The maximum atomic E-state index is 13.4. The van der Waals surface area contributed by atoms with Gasteiger partial charge >= 0.3 is 19.1 Å². The van der Waals surface area contributed by atoms with Gasteiger partial charge in [-0.3, -0.25) is 9.59 Å². The molecule has 0 saturated carbocycles. The number of carbonyl (C=O) groups excluding carboxylic acids is 2. The van der Waals surface area contributed by atoms with Crippen LogP contribution in [-0.4, -0.2) is 63.6 Å². The van der Waals surface area contributed by atoms with Crippen molar-refractivity contribution in [3.63, 3.8) is 0 Å². The van der Waals surface area contributed by atoms with Crippen molar-refractivity contribution < 1.29 is 132 Å². The predicted molar refractivity (Wildman–Crippen MR) is 440 cm³/mol. The van der Waals surface area contributed by atoms with Gasteiger partial charge in [-0.05, 0) is 173 Å². The molecule has 1 saturated heterocycles. The molecular weight excluding hydrogens is 1130 g/mol. The van der Waals surface area contributed by atoms with E-state index in [1.165, 1.54) is 0 Å². The van der Waals surface area contributed by atoms with Crippen LogP contribution in [0.15, 0.2) is 24.3 Å². The molecule has 2 rings (SSSR count). The zero-order chi connectivity index (χ0) is 61.4. The Morgan fingerprint density at radius 2 is 0.849 bits per heavy atom. The molecule has 0 N–H and O–H groups in total. The highest BCUT2D eigenvalue weighted by Crippen LogP contribution is 2.25. The molecule has 2 unspecified atom stereocenters. The standard InChI is InChI=1S/C76H35BNO7.BrH.54H2/c1-8-12-15-18-21-24-27-30-33-36-39-42-45-48-51-54-61-78(7,62-55-52-49-46-43-40-37-34-31-28-25-22-19-16-13-9-2)63-65-82-75(80)71(11-4)66-70(5)74(79)83-67-76(6)68-84-77(85-69-76)72-57-59-73(60-58-72)81-64-56-53-50-47-44-41-38-35-32-29-26-23-20-17-14-10-3;;;;;;;;;;;;;;;;;;;;;;;;;;;;;;;;;;;;;;;;;;;;;;;;;;;;;;;/h1-3,57-60,70-71H,11,63,65-69H2,4-7H3;55*1H/q+1;;;;;;;;;;;;;;;;;;;;;;;;;;;;;;;;;;;;;;;;;;;;;;;;;;;;;;;/p-1. The number of ether oxygens (including phenoxy) is 3. The van der Waals surface area contributed by atoms with Crippen LogP contribution in [0.5, 0.6) is 5.75 Å². The molecule has 8 nitrogen and oxygen atoms in total. The summed E-state index contributed by atoms with van der Waals surface area (Å²) < 4.78 is 28.7. The van der Waals surface area contributed by atoms with E-state index in [1.54, 1.807) is 38.2 Å². The van der Waals surface area contributed by atoms with Crippen molar-refractivity contribution >= 4 is 24.5 Å². The average Bonchev–Trinajstić information content (AvgIpc) is 0.825. The number of hydrogen-bond acceptors (Lipinski definition) is 7. The molecule has 2 atom stereocenters. The van der Waals surface area contributed by atoms with E-state index < -0.39 is 36.3 Å². The molecule has 0 spiro atoms. The number of rotatable bonds is 12. The fourth-order valence-corrected chi connectivity index (χ4v) is 5.28. The summed E-state index contributed by atoms with van der Waals surface area (Å²) in [6.45, 7) is 5.99. The topological polar surface area (TPSA) is 80.3 Å². The zero-order valence-electron chi connectivity index (χ0n) is 46.4. The van der Waals surface area contributed by atoms with Gasteiger partial charge in [0, 0.05) is 226 Å². The highest BCUT2D eigenvalue weighted by Gasteiger charge is 2.38. The van der Waals surface area contributed by atoms with Crippen LogP contribution >= 0.6 is 0 Å². The van der Waals surface area contributed by atoms with E-state index in [2.05, 4.69) is 302 Å². The third-order valence-electron chi connectivity index (χ3n) is 9.20. The molecule has 86 heavy (non-hydrogen) atoms. The quantitative estimate of drug-likeness (QED) is 0.0893. The molecule has 10 heteroatoms. The molecule has 0 amide bonds. The minimum Gasteiger partial charge on any atom is -1.00 e. The Morgan fingerprint density at radius 1 is 0.523 bits per heavy atom. The predicted octanol–water partition coefficient (Wildman–Crippen LogP) is 12.5. The van der Waals surface area contributed by atoms with E-state index >= 15 is 0 Å². The normalized spacial score (nSPS) is 9.24. The second-order valence-corrected chi connectivity index (χ2v) is 15.8. The summed E-state index contributed by atoms with van der Waals surface area (Å²) >= 11 is 0. The summed E-state index contributed by atoms with van der Waals surface area (Å²) in [4.78, 5) is 26.6. The smallest absolute Gasteiger partial charge is 0.493 e. The molecule has 1 aromatic rings. The summed E-state index contributed by atoms with van der Waals surface area (Å²) in [7, 11) is 1.03. The number of nitrogens with zero attached hydrogens (tertiary/aromatic N) is 1. The number of quaternary nitrogens is 1. The molecule has 0 aromatic heterocycles. The molecule has 0 aliphatic carbocycles. The van der Waals surface area contributed by atoms with E-state index in [0.717, 1.165) is 5.46 Å². The fourth-order valence-electron chi connectivity index (χ4n) is 5.28. The molecule has 1 aliphatic rings. The lowest BCUT2D eigenvalue weighted by Crippen LogP contribution is -3.00. The minimum absolute atomic E-state index is 0. The van der Waals surface area contributed by atoms with Gasteiger partial charge in [0.25, 0.3) is 0 Å². The first-order valence-corrected chi connectivity index (χ1v) is 24.2. The maximum absolute atomic E-state index is 13.4. The Kier molecular flexibility index (Phi) is 38.9. The Labute approximate surface area is 598 Å². The maximum Gasteiger partial charge on any atom is 0.493 e. The van der Waals surface area contributed by atoms with E-state index in [4.69, 9.17) is 42.8 Å². The van der Waals surface area contributed by atoms with E-state index in [-0.39, 0.29) is 138 Å². The number of halogens is 1. The van der Waals surface area contributed by atoms with Gasteiger partial charge in [0.15, 0.2) is 12.1 Å². The second-order valence-electron chi connectivity index (χ2n) is 15.8. The Morgan fingerprint density at radius 3 is 1.19 bits per heavy atom. The van der Waals surface area contributed by atoms with Gasteiger partial charge in [0.2, 0.25) is 0 Å². The number of hydrogen-bond donors (Lipinski definition) is 0. The van der Waals surface area contributed by atoms with Crippen LogP contribution in [0.3, 0.4) is 0 Å². The first-order valence-electron chi connectivity index (χ1n) is 24.2. The first-order chi connectivity index (χ1) is 41.6. The Bertz CT molecular complexity index is 4560. The zero-order valence-corrected chi connectivity index (χ0v) is 48.0. The number of likely N-dealkylation sites (N-methyl/N-ethyl adjacent to an activating group) is 1. The van der Waals surface area contributed by atoms with Crippen LogP contribution in [-0.2, 0) is 28.4 Å². The van der Waals surface area contributed by atoms with E-state index in [9.17, 15) is 9.59 Å². The lowest BCUT2D eigenvalue weighted by atomic mass is 9.76. The molecule has 1 fully saturated rings. The van der Waals surface area contributed by atoms with Crippen LogP contribution in [0.2, 0.25) is 0 Å². The third-order valence-corrected chi connectivity index (χ3v) is 9.20. The second kappa shape index (κ2) is 47.5. The van der Waals surface area contributed by atoms with Crippen molar-refractivity contribution in [1.82, 2.24) is 0 Å². The summed E-state index contributed by atoms with van der Waals surface area (Å²) in [5.41, 5.74) is 0.117. The fraction of sp³-hybridized carbons (Fsp3) is 0.184. The van der Waals surface area contributed by atoms with Crippen molar-refractivity contribution in [2.45, 2.75) is 33.6 Å². The number of carbonyl (C=O) groups is 2. The molecule has 1 heterocycles. The van der Waals surface area contributed by atoms with Crippen LogP contribution in [0.1, 0.15) is 111 Å². The van der Waals surface area contributed by atoms with Crippen LogP contribution in [0.25, 0.3) is 0 Å². The highest BCUT2D eigenvalue weighted by molar-refractivity contribution is 6.61. The molecule has 1 aliphatic heterocycles. The Balaban J connectivity index is -0.0000000259. The lowest BCUT2D eigenvalue weighted by Gasteiger charge is -2.36. The van der Waals surface area contributed by atoms with Gasteiger partial charge < -0.3 is 40.5 Å². The minimum atomic E-state index is -0.655. The van der Waals surface area contributed by atoms with E-state index in [0.29, 0.717) is 12.2 Å². The van der Waals surface area contributed by atoms with Gasteiger partial charge in [0.05, 0.1) is 30.7 Å². The van der Waals surface area contributed by atoms with Gasteiger partial charge in [-0.2, -0.15) is 4.48 Å². The van der Waals surface area contributed by atoms with Gasteiger partial charge in [-0.25, -0.2) is 0 Å². The summed E-state index contributed by atoms with van der Waals surface area (Å²) in [6, 6.07) is 12.9. The average molecular weight is 1270 g/mol. The molecule has 1 aromatic carbocycles. The van der Waals surface area contributed by atoms with Crippen LogP contribution in [0, 0.1) is 339 Å². The van der Waals surface area contributed by atoms with Gasteiger partial charge in [-0.15, -0.1) is 19.3 Å². The van der Waals surface area contributed by atoms with Crippen molar-refractivity contribution in [1.29, 1.82) is 0 Å². The number of benzene rings is 1. The lowest BCUT2D eigenvalue weighted by molar-refractivity contribution is -0.773. The summed E-state index contributed by atoms with van der Waals surface area (Å²) in [6.07, 6.45) is 18.1. The van der Waals surface area contributed by atoms with Crippen molar-refractivity contribution in [3.05, 3.63) is 24.3 Å². The van der Waals surface area contributed by atoms with Crippen LogP contribution < -0.4 is 27.2 Å². The monoisotopic (exact) mass is 1270 g/mol. The van der Waals surface area contributed by atoms with Crippen molar-refractivity contribution in [3.8, 4) is 327 Å². The number of terminal acetylenes is 3. The summed E-state index contributed by atoms with van der Waals surface area (Å²) in [5.74, 6) is 118. The highest BCUT2D eigenvalue weighted by atomic mass is 79.9. The molecule has 504 valence electrons. The SMILES string of the molecule is C#CC#CC#CC#CC#CC#CC#CC#CC#COc1ccc(B2OCC(C)(COC(=O)C(C)CC(CC)C(=O)OCC[N+](C)(C#CC#CC#CC#CC#CC#CC#CC#CC#C)C#CC#CC#CC#CC#CC#CC#CC#CC#C)CO2)cc1.[Br-].[HH].[HH].[HH].[HH].[HH].[HH].[HH].[HH].[HH].[HH].[HH].[HH].[HH].[HH].[HH].[HH].[HH].[HH].[HH].[HH].[HH].[HH].[HH].[HH].[HH].[HH].[HH].[HH].[HH].[HH].[HH].[HH].[HH].[HH].[HH].[HH].[HH].[HH].[HH].[HH].[HH].[HH].[HH].[HH].[HH].[HH].[HH].[HH].[HH].[HH].[HH].[HH].[HH].[HH]. The Hall–Kier alpha value is -13.5. The van der Waals surface area contributed by atoms with E-state index in [1.807, 2.05) is 13.8 Å². The van der Waals surface area contributed by atoms with Crippen molar-refractivity contribution in [2.75, 3.05) is 40.0 Å². The largest absolute Gasteiger partial charge is 1.00 e. The molecular formula is C76H143BBrNO7. The van der Waals surface area contributed by atoms with Crippen molar-refractivity contribution in [2.24, 2.45) is 17.3 Å². The number of esters is 2. The molecule has 0 bridgehead atoms. The van der Waals surface area contributed by atoms with Crippen LogP contribution in [0.4, 0.5) is 0 Å². The van der Waals surface area contributed by atoms with Gasteiger partial charge in [-0.1, -0.05) is 32.9 Å². The van der Waals surface area contributed by atoms with Gasteiger partial charge in [0.1, 0.15) is 31.6 Å².